The highest BCUT2D eigenvalue weighted by Crippen LogP contribution is 2.21. The molecule has 0 radical (unpaired) electrons. The molecule has 3 rings (SSSR count). The molecule has 0 spiro atoms. The van der Waals surface area contributed by atoms with Gasteiger partial charge in [-0.1, -0.05) is 23.7 Å². The van der Waals surface area contributed by atoms with E-state index in [9.17, 15) is 0 Å². The fourth-order valence-corrected chi connectivity index (χ4v) is 2.06. The minimum Gasteiger partial charge on any atom is -0.384 e. The molecule has 1 aromatic carbocycles. The number of halogens is 1. The number of benzene rings is 1. The summed E-state index contributed by atoms with van der Waals surface area (Å²) in [6.45, 7) is 0. The summed E-state index contributed by atoms with van der Waals surface area (Å²) in [5.74, 6) is 0.520. The number of hydrogen-bond acceptors (Lipinski definition) is 3. The van der Waals surface area contributed by atoms with Crippen LogP contribution in [-0.2, 0) is 0 Å². The minimum atomic E-state index is -0.0318. The SMILES string of the molecule is N=C(N)c1cccn2nc(-c3cccc(Cl)c3)nc12. The van der Waals surface area contributed by atoms with E-state index in [1.165, 1.54) is 0 Å². The third kappa shape index (κ3) is 2.04. The Morgan fingerprint density at radius 2 is 2.11 bits per heavy atom. The molecule has 0 fully saturated rings. The van der Waals surface area contributed by atoms with Crippen molar-refractivity contribution in [2.45, 2.75) is 0 Å². The van der Waals surface area contributed by atoms with E-state index < -0.39 is 0 Å². The molecule has 0 unspecified atom stereocenters. The van der Waals surface area contributed by atoms with E-state index in [0.29, 0.717) is 22.1 Å². The van der Waals surface area contributed by atoms with Gasteiger partial charge in [0.15, 0.2) is 11.5 Å². The summed E-state index contributed by atoms with van der Waals surface area (Å²) in [4.78, 5) is 4.42. The van der Waals surface area contributed by atoms with E-state index in [1.807, 2.05) is 12.1 Å². The molecule has 0 aliphatic rings. The lowest BCUT2D eigenvalue weighted by Gasteiger charge is -1.98. The van der Waals surface area contributed by atoms with E-state index in [0.717, 1.165) is 5.56 Å². The Hall–Kier alpha value is -2.40. The van der Waals surface area contributed by atoms with Crippen LogP contribution in [0.5, 0.6) is 0 Å². The van der Waals surface area contributed by atoms with Crippen LogP contribution in [0, 0.1) is 5.41 Å². The van der Waals surface area contributed by atoms with E-state index in [4.69, 9.17) is 22.7 Å². The van der Waals surface area contributed by atoms with Crippen molar-refractivity contribution in [3.05, 3.63) is 53.2 Å². The van der Waals surface area contributed by atoms with Crippen molar-refractivity contribution in [1.82, 2.24) is 14.6 Å². The zero-order chi connectivity index (χ0) is 13.4. The average Bonchev–Trinajstić information content (AvgIpc) is 2.82. The van der Waals surface area contributed by atoms with Gasteiger partial charge in [0.1, 0.15) is 5.84 Å². The van der Waals surface area contributed by atoms with Gasteiger partial charge in [-0.25, -0.2) is 9.50 Å². The Morgan fingerprint density at radius 1 is 1.26 bits per heavy atom. The van der Waals surface area contributed by atoms with Crippen LogP contribution in [0.25, 0.3) is 17.0 Å². The first-order chi connectivity index (χ1) is 9.15. The third-order valence-corrected chi connectivity index (χ3v) is 2.97. The number of fused-ring (bicyclic) bond motifs is 1. The second-order valence-corrected chi connectivity index (χ2v) is 4.49. The summed E-state index contributed by atoms with van der Waals surface area (Å²) < 4.78 is 1.60. The van der Waals surface area contributed by atoms with E-state index in [2.05, 4.69) is 10.1 Å². The molecule has 19 heavy (non-hydrogen) atoms. The molecule has 3 aromatic rings. The number of nitrogen functional groups attached to an aromatic ring is 1. The Bertz CT molecular complexity index is 778. The lowest BCUT2D eigenvalue weighted by Crippen LogP contribution is -2.12. The van der Waals surface area contributed by atoms with Gasteiger partial charge in [-0.05, 0) is 24.3 Å². The normalized spacial score (nSPS) is 10.8. The fraction of sp³-hybridized carbons (Fsp3) is 0. The zero-order valence-corrected chi connectivity index (χ0v) is 10.6. The molecular formula is C13H10ClN5. The van der Waals surface area contributed by atoms with E-state index in [1.54, 1.807) is 35.0 Å². The molecule has 0 atom stereocenters. The van der Waals surface area contributed by atoms with Gasteiger partial charge >= 0.3 is 0 Å². The van der Waals surface area contributed by atoms with Crippen molar-refractivity contribution in [3.63, 3.8) is 0 Å². The van der Waals surface area contributed by atoms with Crippen LogP contribution in [0.4, 0.5) is 0 Å². The summed E-state index contributed by atoms with van der Waals surface area (Å²) in [5, 5.41) is 12.5. The van der Waals surface area contributed by atoms with Gasteiger partial charge in [-0.3, -0.25) is 5.41 Å². The standard InChI is InChI=1S/C13H10ClN5/c14-9-4-1-3-8(7-9)12-17-13-10(11(15)16)5-2-6-19(13)18-12/h1-7H,(H3,15,16). The Kier molecular flexibility index (Phi) is 2.68. The van der Waals surface area contributed by atoms with Gasteiger partial charge < -0.3 is 5.73 Å². The fourth-order valence-electron chi connectivity index (χ4n) is 1.87. The first kappa shape index (κ1) is 11.7. The molecule has 0 saturated carbocycles. The molecule has 2 heterocycles. The van der Waals surface area contributed by atoms with Crippen molar-refractivity contribution in [2.75, 3.05) is 0 Å². The highest BCUT2D eigenvalue weighted by Gasteiger charge is 2.11. The Balaban J connectivity index is 2.22. The van der Waals surface area contributed by atoms with Crippen molar-refractivity contribution in [2.24, 2.45) is 5.73 Å². The van der Waals surface area contributed by atoms with Crippen LogP contribution in [0.15, 0.2) is 42.6 Å². The van der Waals surface area contributed by atoms with Gasteiger partial charge in [0.05, 0.1) is 5.56 Å². The van der Waals surface area contributed by atoms with Crippen molar-refractivity contribution in [1.29, 1.82) is 5.41 Å². The minimum absolute atomic E-state index is 0.0318. The maximum absolute atomic E-state index is 7.54. The number of amidine groups is 1. The van der Waals surface area contributed by atoms with Crippen LogP contribution < -0.4 is 5.73 Å². The summed E-state index contributed by atoms with van der Waals surface area (Å²) in [6, 6.07) is 10.8. The van der Waals surface area contributed by atoms with Gasteiger partial charge in [0.2, 0.25) is 0 Å². The summed E-state index contributed by atoms with van der Waals surface area (Å²) in [5.41, 5.74) is 7.48. The number of nitrogens with zero attached hydrogens (tertiary/aromatic N) is 3. The summed E-state index contributed by atoms with van der Waals surface area (Å²) in [6.07, 6.45) is 1.77. The Morgan fingerprint density at radius 3 is 2.84 bits per heavy atom. The van der Waals surface area contributed by atoms with Gasteiger partial charge in [-0.15, -0.1) is 5.10 Å². The first-order valence-corrected chi connectivity index (χ1v) is 5.98. The van der Waals surface area contributed by atoms with Crippen LogP contribution in [-0.4, -0.2) is 20.4 Å². The van der Waals surface area contributed by atoms with Gasteiger partial charge in [0, 0.05) is 16.8 Å². The predicted octanol–water partition coefficient (Wildman–Crippen LogP) is 2.33. The molecule has 0 amide bonds. The molecule has 0 aliphatic heterocycles. The molecule has 5 nitrogen and oxygen atoms in total. The topological polar surface area (TPSA) is 80.1 Å². The number of pyridine rings is 1. The second kappa shape index (κ2) is 4.37. The lowest BCUT2D eigenvalue weighted by atomic mass is 10.2. The number of hydrogen-bond donors (Lipinski definition) is 2. The predicted molar refractivity (Wildman–Crippen MR) is 74.4 cm³/mol. The summed E-state index contributed by atoms with van der Waals surface area (Å²) >= 11 is 5.96. The van der Waals surface area contributed by atoms with Crippen molar-refractivity contribution < 1.29 is 0 Å². The van der Waals surface area contributed by atoms with Crippen LogP contribution >= 0.6 is 11.6 Å². The molecular weight excluding hydrogens is 262 g/mol. The van der Waals surface area contributed by atoms with Gasteiger partial charge in [0.25, 0.3) is 0 Å². The lowest BCUT2D eigenvalue weighted by molar-refractivity contribution is 0.964. The second-order valence-electron chi connectivity index (χ2n) is 4.05. The van der Waals surface area contributed by atoms with Crippen LogP contribution in [0.1, 0.15) is 5.56 Å². The number of nitrogens with two attached hydrogens (primary N) is 1. The molecule has 0 saturated heterocycles. The van der Waals surface area contributed by atoms with Crippen molar-refractivity contribution in [3.8, 4) is 11.4 Å². The maximum Gasteiger partial charge on any atom is 0.182 e. The van der Waals surface area contributed by atoms with Crippen molar-refractivity contribution >= 4 is 23.1 Å². The Labute approximate surface area is 114 Å². The molecule has 0 bridgehead atoms. The maximum atomic E-state index is 7.54. The number of rotatable bonds is 2. The molecule has 3 N–H and O–H groups in total. The quantitative estimate of drug-likeness (QED) is 0.554. The molecule has 6 heteroatoms. The van der Waals surface area contributed by atoms with E-state index >= 15 is 0 Å². The highest BCUT2D eigenvalue weighted by molar-refractivity contribution is 6.30. The number of aromatic nitrogens is 3. The van der Waals surface area contributed by atoms with Crippen LogP contribution in [0.2, 0.25) is 5.02 Å². The number of nitrogens with one attached hydrogen (secondary N) is 1. The highest BCUT2D eigenvalue weighted by atomic mass is 35.5. The first-order valence-electron chi connectivity index (χ1n) is 5.61. The third-order valence-electron chi connectivity index (χ3n) is 2.74. The molecule has 94 valence electrons. The smallest absolute Gasteiger partial charge is 0.182 e. The average molecular weight is 272 g/mol. The largest absolute Gasteiger partial charge is 0.384 e. The molecule has 2 aromatic heterocycles. The summed E-state index contributed by atoms with van der Waals surface area (Å²) in [7, 11) is 0. The van der Waals surface area contributed by atoms with E-state index in [-0.39, 0.29) is 5.84 Å². The van der Waals surface area contributed by atoms with Gasteiger partial charge in [-0.2, -0.15) is 0 Å². The zero-order valence-electron chi connectivity index (χ0n) is 9.84. The monoisotopic (exact) mass is 271 g/mol. The van der Waals surface area contributed by atoms with Crippen LogP contribution in [0.3, 0.4) is 0 Å². The molecule has 0 aliphatic carbocycles.